The molecule has 17 heavy (non-hydrogen) atoms. The van der Waals surface area contributed by atoms with Crippen LogP contribution in [0.5, 0.6) is 0 Å². The largest absolute Gasteiger partial charge is 0.234 e. The molecular weight excluding hydrogens is 239 g/mol. The zero-order valence-corrected chi connectivity index (χ0v) is 10.0. The van der Waals surface area contributed by atoms with Gasteiger partial charge in [-0.15, -0.1) is 0 Å². The van der Waals surface area contributed by atoms with Crippen molar-refractivity contribution in [1.29, 1.82) is 0 Å². The fourth-order valence-electron chi connectivity index (χ4n) is 2.19. The molecule has 0 radical (unpaired) electrons. The van der Waals surface area contributed by atoms with Gasteiger partial charge in [0, 0.05) is 5.92 Å². The van der Waals surface area contributed by atoms with Crippen molar-refractivity contribution in [3.05, 3.63) is 57.9 Å². The van der Waals surface area contributed by atoms with E-state index in [1.165, 1.54) is 11.1 Å². The van der Waals surface area contributed by atoms with Crippen LogP contribution in [0.1, 0.15) is 28.6 Å². The van der Waals surface area contributed by atoms with E-state index in [4.69, 9.17) is 11.6 Å². The van der Waals surface area contributed by atoms with Crippen LogP contribution in [0.3, 0.4) is 0 Å². The minimum Gasteiger partial charge on any atom is -0.234 e. The highest BCUT2D eigenvalue weighted by Gasteiger charge is 2.30. The number of halogens is 2. The molecule has 0 aliphatic heterocycles. The van der Waals surface area contributed by atoms with E-state index in [0.717, 1.165) is 6.42 Å². The van der Waals surface area contributed by atoms with Crippen molar-refractivity contribution in [3.63, 3.8) is 0 Å². The third-order valence-corrected chi connectivity index (χ3v) is 3.41. The molecule has 0 N–H and O–H groups in total. The predicted octanol–water partition coefficient (Wildman–Crippen LogP) is 3.27. The first-order valence-electron chi connectivity index (χ1n) is 5.44. The van der Waals surface area contributed by atoms with Crippen LogP contribution in [-0.4, -0.2) is 9.97 Å². The third kappa shape index (κ3) is 1.62. The molecule has 3 rings (SSSR count). The summed E-state index contributed by atoms with van der Waals surface area (Å²) >= 11 is 5.75. The van der Waals surface area contributed by atoms with Crippen molar-refractivity contribution in [3.8, 4) is 0 Å². The van der Waals surface area contributed by atoms with Gasteiger partial charge in [-0.3, -0.25) is 0 Å². The van der Waals surface area contributed by atoms with Gasteiger partial charge in [-0.1, -0.05) is 35.9 Å². The maximum atomic E-state index is 13.3. The second-order valence-electron chi connectivity index (χ2n) is 4.23. The summed E-state index contributed by atoms with van der Waals surface area (Å²) in [4.78, 5) is 8.22. The lowest BCUT2D eigenvalue weighted by Gasteiger charge is -2.28. The van der Waals surface area contributed by atoms with E-state index in [0.29, 0.717) is 11.5 Å². The molecule has 86 valence electrons. The van der Waals surface area contributed by atoms with Crippen molar-refractivity contribution in [1.82, 2.24) is 9.97 Å². The fourth-order valence-corrected chi connectivity index (χ4v) is 2.41. The lowest BCUT2D eigenvalue weighted by molar-refractivity contribution is 0.581. The molecule has 1 aromatic carbocycles. The summed E-state index contributed by atoms with van der Waals surface area (Å²) in [6, 6.07) is 8.14. The quantitative estimate of drug-likeness (QED) is 0.724. The molecule has 2 nitrogen and oxygen atoms in total. The number of hydrogen-bond donors (Lipinski definition) is 0. The van der Waals surface area contributed by atoms with Gasteiger partial charge in [0.25, 0.3) is 0 Å². The number of rotatable bonds is 1. The Bertz CT molecular complexity index is 575. The number of nitrogens with zero attached hydrogens (tertiary/aromatic N) is 2. The second-order valence-corrected chi connectivity index (χ2v) is 4.59. The van der Waals surface area contributed by atoms with Gasteiger partial charge in [-0.25, -0.2) is 14.4 Å². The van der Waals surface area contributed by atoms with Crippen molar-refractivity contribution in [2.75, 3.05) is 0 Å². The average Bonchev–Trinajstić information content (AvgIpc) is 2.27. The Kier molecular flexibility index (Phi) is 2.37. The van der Waals surface area contributed by atoms with Gasteiger partial charge in [-0.05, 0) is 24.5 Å². The molecule has 1 atom stereocenters. The minimum atomic E-state index is -0.525. The number of benzene rings is 1. The Balaban J connectivity index is 2.03. The molecule has 0 bridgehead atoms. The van der Waals surface area contributed by atoms with Crippen molar-refractivity contribution in [2.24, 2.45) is 0 Å². The lowest BCUT2D eigenvalue weighted by atomic mass is 9.77. The molecule has 0 saturated carbocycles. The highest BCUT2D eigenvalue weighted by molar-refractivity contribution is 6.29. The SMILES string of the molecule is Cc1nc(C2Cc3ccccc32)nc(Cl)c1F. The first-order chi connectivity index (χ1) is 8.16. The predicted molar refractivity (Wildman–Crippen MR) is 63.7 cm³/mol. The summed E-state index contributed by atoms with van der Waals surface area (Å²) < 4.78 is 13.3. The van der Waals surface area contributed by atoms with Crippen LogP contribution >= 0.6 is 11.6 Å². The van der Waals surface area contributed by atoms with Crippen molar-refractivity contribution >= 4 is 11.6 Å². The lowest BCUT2D eigenvalue weighted by Crippen LogP contribution is -2.21. The summed E-state index contributed by atoms with van der Waals surface area (Å²) in [5.41, 5.74) is 2.83. The van der Waals surface area contributed by atoms with E-state index in [-0.39, 0.29) is 11.1 Å². The number of fused-ring (bicyclic) bond motifs is 1. The number of aromatic nitrogens is 2. The van der Waals surface area contributed by atoms with Crippen LogP contribution < -0.4 is 0 Å². The summed E-state index contributed by atoms with van der Waals surface area (Å²) in [5, 5.41) is -0.0862. The molecular formula is C13H10ClFN2. The molecule has 4 heteroatoms. The summed E-state index contributed by atoms with van der Waals surface area (Å²) in [5.74, 6) is 0.249. The number of aryl methyl sites for hydroxylation is 1. The van der Waals surface area contributed by atoms with Crippen LogP contribution in [0.2, 0.25) is 5.15 Å². The van der Waals surface area contributed by atoms with Crippen LogP contribution in [0, 0.1) is 12.7 Å². The molecule has 1 aliphatic rings. The molecule has 1 aromatic heterocycles. The fraction of sp³-hybridized carbons (Fsp3) is 0.231. The summed E-state index contributed by atoms with van der Waals surface area (Å²) in [6.07, 6.45) is 0.900. The summed E-state index contributed by atoms with van der Waals surface area (Å²) in [6.45, 7) is 1.61. The Morgan fingerprint density at radius 3 is 2.76 bits per heavy atom. The van der Waals surface area contributed by atoms with E-state index < -0.39 is 5.82 Å². The Hall–Kier alpha value is -1.48. The van der Waals surface area contributed by atoms with Gasteiger partial charge >= 0.3 is 0 Å². The smallest absolute Gasteiger partial charge is 0.181 e. The normalized spacial score (nSPS) is 17.5. The Morgan fingerprint density at radius 1 is 1.29 bits per heavy atom. The van der Waals surface area contributed by atoms with Gasteiger partial charge in [-0.2, -0.15) is 0 Å². The second kappa shape index (κ2) is 3.77. The molecule has 0 spiro atoms. The maximum Gasteiger partial charge on any atom is 0.181 e. The first-order valence-corrected chi connectivity index (χ1v) is 5.82. The molecule has 1 unspecified atom stereocenters. The van der Waals surface area contributed by atoms with E-state index in [1.807, 2.05) is 12.1 Å². The first kappa shape index (κ1) is 10.7. The zero-order valence-electron chi connectivity index (χ0n) is 9.24. The summed E-state index contributed by atoms with van der Waals surface area (Å²) in [7, 11) is 0. The van der Waals surface area contributed by atoms with E-state index in [2.05, 4.69) is 22.1 Å². The molecule has 1 heterocycles. The number of hydrogen-bond acceptors (Lipinski definition) is 2. The van der Waals surface area contributed by atoms with E-state index in [1.54, 1.807) is 6.92 Å². The Labute approximate surface area is 103 Å². The highest BCUT2D eigenvalue weighted by atomic mass is 35.5. The minimum absolute atomic E-state index is 0.0862. The van der Waals surface area contributed by atoms with Crippen LogP contribution in [0.15, 0.2) is 24.3 Å². The van der Waals surface area contributed by atoms with E-state index in [9.17, 15) is 4.39 Å². The van der Waals surface area contributed by atoms with Gasteiger partial charge in [0.2, 0.25) is 0 Å². The Morgan fingerprint density at radius 2 is 2.06 bits per heavy atom. The van der Waals surface area contributed by atoms with Crippen LogP contribution in [-0.2, 0) is 6.42 Å². The molecule has 2 aromatic rings. The maximum absolute atomic E-state index is 13.3. The van der Waals surface area contributed by atoms with Gasteiger partial charge in [0.1, 0.15) is 5.82 Å². The average molecular weight is 249 g/mol. The van der Waals surface area contributed by atoms with Crippen molar-refractivity contribution < 1.29 is 4.39 Å². The van der Waals surface area contributed by atoms with Gasteiger partial charge in [0.05, 0.1) is 5.69 Å². The highest BCUT2D eigenvalue weighted by Crippen LogP contribution is 2.38. The standard InChI is InChI=1S/C13H10ClFN2/c1-7-11(15)12(14)17-13(16-7)10-6-8-4-2-3-5-9(8)10/h2-5,10H,6H2,1H3. The monoisotopic (exact) mass is 248 g/mol. The van der Waals surface area contributed by atoms with Crippen LogP contribution in [0.25, 0.3) is 0 Å². The van der Waals surface area contributed by atoms with Crippen LogP contribution in [0.4, 0.5) is 4.39 Å². The zero-order chi connectivity index (χ0) is 12.0. The molecule has 0 amide bonds. The van der Waals surface area contributed by atoms with Gasteiger partial charge in [0.15, 0.2) is 11.0 Å². The van der Waals surface area contributed by atoms with Crippen molar-refractivity contribution in [2.45, 2.75) is 19.3 Å². The molecule has 1 aliphatic carbocycles. The topological polar surface area (TPSA) is 25.8 Å². The van der Waals surface area contributed by atoms with Gasteiger partial charge < -0.3 is 0 Å². The van der Waals surface area contributed by atoms with E-state index >= 15 is 0 Å². The molecule has 0 saturated heterocycles. The molecule has 0 fully saturated rings. The third-order valence-electron chi connectivity index (χ3n) is 3.16.